The summed E-state index contributed by atoms with van der Waals surface area (Å²) in [6, 6.07) is 2.89. The van der Waals surface area contributed by atoms with E-state index >= 15 is 0 Å². The van der Waals surface area contributed by atoms with Crippen molar-refractivity contribution in [3.05, 3.63) is 24.5 Å². The van der Waals surface area contributed by atoms with Gasteiger partial charge in [-0.3, -0.25) is 9.13 Å². The van der Waals surface area contributed by atoms with Crippen LogP contribution in [0.4, 0.5) is 5.69 Å². The third-order valence-corrected chi connectivity index (χ3v) is 5.25. The maximum atomic E-state index is 11.0. The Kier molecular flexibility index (Phi) is 4.09. The SMILES string of the molecule is C[n+]1ccc(NC(P(=O)(O)O)P(=O)(O)O)cc1. The van der Waals surface area contributed by atoms with Gasteiger partial charge >= 0.3 is 15.2 Å². The number of aryl methyl sites for hydroxylation is 1. The Hall–Kier alpha value is -0.750. The van der Waals surface area contributed by atoms with Gasteiger partial charge in [-0.05, 0) is 0 Å². The summed E-state index contributed by atoms with van der Waals surface area (Å²) < 4.78 is 23.6. The van der Waals surface area contributed by atoms with E-state index in [1.54, 1.807) is 24.0 Å². The first-order chi connectivity index (χ1) is 7.60. The van der Waals surface area contributed by atoms with Crippen molar-refractivity contribution in [3.8, 4) is 0 Å². The highest BCUT2D eigenvalue weighted by atomic mass is 31.2. The number of hydrogen-bond acceptors (Lipinski definition) is 3. The molecule has 0 amide bonds. The van der Waals surface area contributed by atoms with Crippen LogP contribution in [0.5, 0.6) is 0 Å². The zero-order chi connectivity index (χ0) is 13.3. The average Bonchev–Trinajstić information content (AvgIpc) is 2.13. The van der Waals surface area contributed by atoms with Crippen LogP contribution >= 0.6 is 15.2 Å². The van der Waals surface area contributed by atoms with Crippen molar-refractivity contribution >= 4 is 20.9 Å². The largest absolute Gasteiger partial charge is 0.361 e. The molecule has 8 nitrogen and oxygen atoms in total. The van der Waals surface area contributed by atoms with E-state index in [9.17, 15) is 9.13 Å². The maximum absolute atomic E-state index is 11.0. The standard InChI is InChI=1S/C7H12N2O6P2/c1-9-4-2-6(3-5-9)8-7(16(10,11)12)17(13,14)15/h2-5,7H,1H3,(H4,10,11,12,13,14,15)/p+1. The van der Waals surface area contributed by atoms with E-state index in [-0.39, 0.29) is 5.69 Å². The molecule has 17 heavy (non-hydrogen) atoms. The van der Waals surface area contributed by atoms with Gasteiger partial charge in [0.25, 0.3) is 0 Å². The molecule has 1 rings (SSSR count). The van der Waals surface area contributed by atoms with Crippen LogP contribution < -0.4 is 9.88 Å². The van der Waals surface area contributed by atoms with Gasteiger partial charge in [-0.15, -0.1) is 0 Å². The maximum Gasteiger partial charge on any atom is 0.360 e. The second kappa shape index (κ2) is 4.86. The quantitative estimate of drug-likeness (QED) is 0.374. The summed E-state index contributed by atoms with van der Waals surface area (Å²) in [5.41, 5.74) is -2.03. The molecule has 0 aliphatic heterocycles. The first-order valence-corrected chi connectivity index (χ1v) is 7.79. The molecule has 0 spiro atoms. The Morgan fingerprint density at radius 1 is 1.12 bits per heavy atom. The first-order valence-electron chi connectivity index (χ1n) is 4.43. The lowest BCUT2D eigenvalue weighted by molar-refractivity contribution is -0.671. The molecule has 0 unspecified atom stereocenters. The van der Waals surface area contributed by atoms with Crippen LogP contribution in [0.1, 0.15) is 0 Å². The van der Waals surface area contributed by atoms with Crippen molar-refractivity contribution < 1.29 is 33.3 Å². The lowest BCUT2D eigenvalue weighted by Gasteiger charge is -2.21. The third kappa shape index (κ3) is 4.20. The van der Waals surface area contributed by atoms with Crippen LogP contribution in [0.2, 0.25) is 0 Å². The van der Waals surface area contributed by atoms with Crippen LogP contribution in [-0.2, 0) is 16.2 Å². The number of nitrogens with zero attached hydrogens (tertiary/aromatic N) is 1. The van der Waals surface area contributed by atoms with E-state index in [4.69, 9.17) is 19.6 Å². The molecule has 0 aromatic carbocycles. The van der Waals surface area contributed by atoms with Gasteiger partial charge in [0.2, 0.25) is 5.52 Å². The highest BCUT2D eigenvalue weighted by Crippen LogP contribution is 2.59. The predicted molar refractivity (Wildman–Crippen MR) is 59.1 cm³/mol. The third-order valence-electron chi connectivity index (χ3n) is 1.91. The molecule has 0 saturated carbocycles. The molecule has 5 N–H and O–H groups in total. The molecule has 0 radical (unpaired) electrons. The summed E-state index contributed by atoms with van der Waals surface area (Å²) in [6.07, 6.45) is 3.14. The summed E-state index contributed by atoms with van der Waals surface area (Å²) in [5, 5.41) is 2.15. The van der Waals surface area contributed by atoms with Gasteiger partial charge in [-0.1, -0.05) is 0 Å². The second-order valence-electron chi connectivity index (χ2n) is 3.45. The molecule has 0 bridgehead atoms. The molecule has 1 aromatic rings. The lowest BCUT2D eigenvalue weighted by atomic mass is 10.4. The minimum atomic E-state index is -4.96. The monoisotopic (exact) mass is 283 g/mol. The molecule has 10 heteroatoms. The van der Waals surface area contributed by atoms with E-state index in [1.165, 1.54) is 12.1 Å². The Morgan fingerprint density at radius 2 is 1.53 bits per heavy atom. The molecule has 0 aliphatic carbocycles. The highest BCUT2D eigenvalue weighted by Gasteiger charge is 2.43. The minimum Gasteiger partial charge on any atom is -0.361 e. The molecule has 0 fully saturated rings. The van der Waals surface area contributed by atoms with Crippen molar-refractivity contribution in [2.75, 3.05) is 5.32 Å². The van der Waals surface area contributed by atoms with Gasteiger partial charge in [-0.25, -0.2) is 4.57 Å². The molecular weight excluding hydrogens is 270 g/mol. The van der Waals surface area contributed by atoms with Crippen LogP contribution in [0.15, 0.2) is 24.5 Å². The van der Waals surface area contributed by atoms with Crippen molar-refractivity contribution in [1.82, 2.24) is 0 Å². The fourth-order valence-corrected chi connectivity index (χ4v) is 3.31. The molecule has 1 aromatic heterocycles. The number of rotatable bonds is 4. The van der Waals surface area contributed by atoms with Crippen molar-refractivity contribution in [1.29, 1.82) is 0 Å². The summed E-state index contributed by atoms with van der Waals surface area (Å²) in [7, 11) is -8.18. The second-order valence-corrected chi connectivity index (χ2v) is 7.24. The Bertz CT molecular complexity index is 456. The normalized spacial score (nSPS) is 12.8. The Morgan fingerprint density at radius 3 is 1.88 bits per heavy atom. The topological polar surface area (TPSA) is 131 Å². The molecule has 0 atom stereocenters. The predicted octanol–water partition coefficient (Wildman–Crippen LogP) is -0.438. The highest BCUT2D eigenvalue weighted by molar-refractivity contribution is 7.71. The summed E-state index contributed by atoms with van der Waals surface area (Å²) in [5.74, 6) is 0. The van der Waals surface area contributed by atoms with E-state index in [1.807, 2.05) is 0 Å². The van der Waals surface area contributed by atoms with Gasteiger partial charge in [0.05, 0.1) is 0 Å². The van der Waals surface area contributed by atoms with Crippen LogP contribution in [0.25, 0.3) is 0 Å². The van der Waals surface area contributed by atoms with Crippen molar-refractivity contribution in [3.63, 3.8) is 0 Å². The fraction of sp³-hybridized carbons (Fsp3) is 0.286. The number of nitrogens with one attached hydrogen (secondary N) is 1. The van der Waals surface area contributed by atoms with Crippen LogP contribution in [0.3, 0.4) is 0 Å². The molecule has 0 aliphatic rings. The van der Waals surface area contributed by atoms with Crippen molar-refractivity contribution in [2.24, 2.45) is 7.05 Å². The molecule has 0 saturated heterocycles. The lowest BCUT2D eigenvalue weighted by Crippen LogP contribution is -2.27. The van der Waals surface area contributed by atoms with E-state index in [0.717, 1.165) is 0 Å². The zero-order valence-corrected chi connectivity index (χ0v) is 10.6. The molecular formula is C7H13N2O6P2+. The van der Waals surface area contributed by atoms with Gasteiger partial charge in [0.1, 0.15) is 7.05 Å². The number of aromatic nitrogens is 1. The first kappa shape index (κ1) is 14.3. The summed E-state index contributed by atoms with van der Waals surface area (Å²) in [6.45, 7) is 0. The van der Waals surface area contributed by atoms with Gasteiger partial charge in [0, 0.05) is 17.8 Å². The van der Waals surface area contributed by atoms with E-state index in [2.05, 4.69) is 5.32 Å². The Balaban J connectivity index is 3.00. The summed E-state index contributed by atoms with van der Waals surface area (Å²) in [4.78, 5) is 35.5. The number of pyridine rings is 1. The molecule has 1 heterocycles. The van der Waals surface area contributed by atoms with E-state index in [0.29, 0.717) is 0 Å². The Labute approximate surface area is 97.2 Å². The fourth-order valence-electron chi connectivity index (χ4n) is 1.11. The zero-order valence-electron chi connectivity index (χ0n) is 8.83. The average molecular weight is 283 g/mol. The summed E-state index contributed by atoms with van der Waals surface area (Å²) >= 11 is 0. The van der Waals surface area contributed by atoms with Gasteiger partial charge in [0.15, 0.2) is 12.4 Å². The molecule has 96 valence electrons. The van der Waals surface area contributed by atoms with Gasteiger partial charge in [-0.2, -0.15) is 0 Å². The van der Waals surface area contributed by atoms with Gasteiger partial charge < -0.3 is 24.9 Å². The van der Waals surface area contributed by atoms with E-state index < -0.39 is 20.7 Å². The van der Waals surface area contributed by atoms with Crippen LogP contribution in [-0.4, -0.2) is 25.1 Å². The number of anilines is 1. The van der Waals surface area contributed by atoms with Crippen LogP contribution in [0, 0.1) is 0 Å². The number of hydrogen-bond donors (Lipinski definition) is 5. The van der Waals surface area contributed by atoms with Crippen molar-refractivity contribution in [2.45, 2.75) is 5.52 Å². The smallest absolute Gasteiger partial charge is 0.360 e. The minimum absolute atomic E-state index is 0.208.